The predicted octanol–water partition coefficient (Wildman–Crippen LogP) is 4.90. The molecular formula is C18H19N3O2S2. The first kappa shape index (κ1) is 17.6. The molecule has 0 saturated heterocycles. The molecule has 0 bridgehead atoms. The van der Waals surface area contributed by atoms with Gasteiger partial charge in [-0.15, -0.1) is 11.3 Å². The summed E-state index contributed by atoms with van der Waals surface area (Å²) in [5.74, 6) is -0.287. The van der Waals surface area contributed by atoms with Crippen molar-refractivity contribution in [2.75, 3.05) is 10.6 Å². The van der Waals surface area contributed by atoms with Gasteiger partial charge >= 0.3 is 0 Å². The standard InChI is InChI=1S/C18H19N3O2S2/c1-10-9-13(20-16(23)18(2,3)4)25-14(10)15(22)21-17-19-11-7-5-6-8-12(11)24-17/h5-9H,1-4H3,(H,20,23)(H,19,21,22). The Morgan fingerprint density at radius 1 is 1.08 bits per heavy atom. The molecule has 130 valence electrons. The zero-order chi connectivity index (χ0) is 18.2. The second-order valence-corrected chi connectivity index (χ2v) is 8.85. The van der Waals surface area contributed by atoms with Gasteiger partial charge in [-0.3, -0.25) is 14.9 Å². The van der Waals surface area contributed by atoms with Crippen LogP contribution in [-0.4, -0.2) is 16.8 Å². The lowest BCUT2D eigenvalue weighted by molar-refractivity contribution is -0.123. The van der Waals surface area contributed by atoms with Crippen LogP contribution in [0.3, 0.4) is 0 Å². The Bertz CT molecular complexity index is 918. The van der Waals surface area contributed by atoms with Crippen LogP contribution >= 0.6 is 22.7 Å². The van der Waals surface area contributed by atoms with Gasteiger partial charge in [0.15, 0.2) is 5.13 Å². The molecule has 1 aromatic carbocycles. The van der Waals surface area contributed by atoms with Crippen molar-refractivity contribution in [2.24, 2.45) is 5.41 Å². The summed E-state index contributed by atoms with van der Waals surface area (Å²) in [6.45, 7) is 7.41. The Kier molecular flexibility index (Phi) is 4.62. The van der Waals surface area contributed by atoms with Gasteiger partial charge in [-0.2, -0.15) is 0 Å². The van der Waals surface area contributed by atoms with Gasteiger partial charge in [0, 0.05) is 5.41 Å². The van der Waals surface area contributed by atoms with Gasteiger partial charge in [0.1, 0.15) is 0 Å². The Labute approximate surface area is 154 Å². The van der Waals surface area contributed by atoms with E-state index in [0.717, 1.165) is 15.8 Å². The third-order valence-electron chi connectivity index (χ3n) is 3.56. The Morgan fingerprint density at radius 2 is 1.80 bits per heavy atom. The molecule has 5 nitrogen and oxygen atoms in total. The summed E-state index contributed by atoms with van der Waals surface area (Å²) in [6.07, 6.45) is 0. The Hall–Kier alpha value is -2.25. The van der Waals surface area contributed by atoms with E-state index in [1.54, 1.807) is 0 Å². The van der Waals surface area contributed by atoms with Gasteiger partial charge in [0.25, 0.3) is 5.91 Å². The number of hydrogen-bond acceptors (Lipinski definition) is 5. The fourth-order valence-electron chi connectivity index (χ4n) is 2.15. The molecule has 0 aliphatic heterocycles. The van der Waals surface area contributed by atoms with Crippen molar-refractivity contribution in [2.45, 2.75) is 27.7 Å². The minimum atomic E-state index is -0.485. The van der Waals surface area contributed by atoms with Crippen molar-refractivity contribution in [3.63, 3.8) is 0 Å². The van der Waals surface area contributed by atoms with Crippen LogP contribution in [0, 0.1) is 12.3 Å². The lowest BCUT2D eigenvalue weighted by Gasteiger charge is -2.16. The van der Waals surface area contributed by atoms with Crippen molar-refractivity contribution in [1.82, 2.24) is 4.98 Å². The van der Waals surface area contributed by atoms with Gasteiger partial charge in [-0.1, -0.05) is 44.2 Å². The molecule has 0 unspecified atom stereocenters. The number of aromatic nitrogens is 1. The number of nitrogens with zero attached hydrogens (tertiary/aromatic N) is 1. The first-order valence-electron chi connectivity index (χ1n) is 7.83. The number of carbonyl (C=O) groups is 2. The third kappa shape index (κ3) is 3.88. The molecule has 7 heteroatoms. The maximum Gasteiger partial charge on any atom is 0.267 e. The highest BCUT2D eigenvalue weighted by atomic mass is 32.1. The number of carbonyl (C=O) groups excluding carboxylic acids is 2. The molecular weight excluding hydrogens is 354 g/mol. The molecule has 0 aliphatic carbocycles. The van der Waals surface area contributed by atoms with Crippen LogP contribution < -0.4 is 10.6 Å². The minimum Gasteiger partial charge on any atom is -0.317 e. The lowest BCUT2D eigenvalue weighted by Crippen LogP contribution is -2.27. The number of nitrogens with one attached hydrogen (secondary N) is 2. The molecule has 0 aliphatic rings. The van der Waals surface area contributed by atoms with Crippen LogP contribution in [-0.2, 0) is 4.79 Å². The van der Waals surface area contributed by atoms with E-state index in [9.17, 15) is 9.59 Å². The van der Waals surface area contributed by atoms with Crippen molar-refractivity contribution in [3.05, 3.63) is 40.8 Å². The SMILES string of the molecule is Cc1cc(NC(=O)C(C)(C)C)sc1C(=O)Nc1nc2ccccc2s1. The summed E-state index contributed by atoms with van der Waals surface area (Å²) >= 11 is 2.71. The zero-order valence-electron chi connectivity index (χ0n) is 14.5. The van der Waals surface area contributed by atoms with Crippen LogP contribution in [0.4, 0.5) is 10.1 Å². The number of thiophene rings is 1. The van der Waals surface area contributed by atoms with Gasteiger partial charge < -0.3 is 5.32 Å². The van der Waals surface area contributed by atoms with Crippen LogP contribution in [0.25, 0.3) is 10.2 Å². The molecule has 3 aromatic rings. The van der Waals surface area contributed by atoms with E-state index in [4.69, 9.17) is 0 Å². The summed E-state index contributed by atoms with van der Waals surface area (Å²) in [4.78, 5) is 29.7. The van der Waals surface area contributed by atoms with Crippen LogP contribution in [0.2, 0.25) is 0 Å². The minimum absolute atomic E-state index is 0.0770. The van der Waals surface area contributed by atoms with Crippen molar-refractivity contribution in [3.8, 4) is 0 Å². The number of thiazole rings is 1. The average molecular weight is 374 g/mol. The third-order valence-corrected chi connectivity index (χ3v) is 5.66. The monoisotopic (exact) mass is 373 g/mol. The molecule has 0 radical (unpaired) electrons. The molecule has 0 spiro atoms. The van der Waals surface area contributed by atoms with E-state index in [2.05, 4.69) is 15.6 Å². The number of benzene rings is 1. The number of rotatable bonds is 3. The number of hydrogen-bond donors (Lipinski definition) is 2. The fraction of sp³-hybridized carbons (Fsp3) is 0.278. The fourth-order valence-corrected chi connectivity index (χ4v) is 3.97. The van der Waals surface area contributed by atoms with Crippen LogP contribution in [0.5, 0.6) is 0 Å². The van der Waals surface area contributed by atoms with Crippen molar-refractivity contribution >= 4 is 54.8 Å². The van der Waals surface area contributed by atoms with E-state index < -0.39 is 5.41 Å². The topological polar surface area (TPSA) is 71.1 Å². The van der Waals surface area contributed by atoms with Crippen molar-refractivity contribution in [1.29, 1.82) is 0 Å². The van der Waals surface area contributed by atoms with E-state index in [-0.39, 0.29) is 11.8 Å². The normalized spacial score (nSPS) is 11.5. The van der Waals surface area contributed by atoms with E-state index >= 15 is 0 Å². The summed E-state index contributed by atoms with van der Waals surface area (Å²) in [5, 5.41) is 6.96. The summed E-state index contributed by atoms with van der Waals surface area (Å²) < 4.78 is 1.03. The number of para-hydroxylation sites is 1. The molecule has 0 saturated carbocycles. The van der Waals surface area contributed by atoms with Gasteiger partial charge in [-0.05, 0) is 30.7 Å². The largest absolute Gasteiger partial charge is 0.317 e. The highest BCUT2D eigenvalue weighted by Crippen LogP contribution is 2.30. The lowest BCUT2D eigenvalue weighted by atomic mass is 9.96. The second kappa shape index (κ2) is 6.57. The highest BCUT2D eigenvalue weighted by molar-refractivity contribution is 7.22. The maximum atomic E-state index is 12.6. The average Bonchev–Trinajstić information content (AvgIpc) is 3.08. The van der Waals surface area contributed by atoms with E-state index in [1.807, 2.05) is 58.0 Å². The molecule has 2 aromatic heterocycles. The quantitative estimate of drug-likeness (QED) is 0.686. The number of fused-ring (bicyclic) bond motifs is 1. The number of aryl methyl sites for hydroxylation is 1. The van der Waals surface area contributed by atoms with Gasteiger partial charge in [-0.25, -0.2) is 4.98 Å². The van der Waals surface area contributed by atoms with Gasteiger partial charge in [0.2, 0.25) is 5.91 Å². The first-order valence-corrected chi connectivity index (χ1v) is 9.46. The van der Waals surface area contributed by atoms with Crippen LogP contribution in [0.1, 0.15) is 36.0 Å². The molecule has 25 heavy (non-hydrogen) atoms. The maximum absolute atomic E-state index is 12.6. The Balaban J connectivity index is 1.77. The van der Waals surface area contributed by atoms with Gasteiger partial charge in [0.05, 0.1) is 20.1 Å². The molecule has 2 amide bonds. The first-order chi connectivity index (χ1) is 11.7. The summed E-state index contributed by atoms with van der Waals surface area (Å²) in [7, 11) is 0. The Morgan fingerprint density at radius 3 is 2.48 bits per heavy atom. The molecule has 0 fully saturated rings. The van der Waals surface area contributed by atoms with Crippen molar-refractivity contribution < 1.29 is 9.59 Å². The van der Waals surface area contributed by atoms with E-state index in [1.165, 1.54) is 22.7 Å². The summed E-state index contributed by atoms with van der Waals surface area (Å²) in [5.41, 5.74) is 1.21. The second-order valence-electron chi connectivity index (χ2n) is 6.77. The zero-order valence-corrected chi connectivity index (χ0v) is 16.1. The number of amides is 2. The molecule has 0 atom stereocenters. The highest BCUT2D eigenvalue weighted by Gasteiger charge is 2.23. The predicted molar refractivity (Wildman–Crippen MR) is 105 cm³/mol. The molecule has 2 N–H and O–H groups in total. The number of anilines is 2. The molecule has 3 rings (SSSR count). The smallest absolute Gasteiger partial charge is 0.267 e. The van der Waals surface area contributed by atoms with E-state index in [0.29, 0.717) is 15.0 Å². The molecule has 2 heterocycles. The van der Waals surface area contributed by atoms with Crippen LogP contribution in [0.15, 0.2) is 30.3 Å². The summed E-state index contributed by atoms with van der Waals surface area (Å²) in [6, 6.07) is 9.57.